The maximum atomic E-state index is 13.5. The van der Waals surface area contributed by atoms with Crippen molar-refractivity contribution in [2.75, 3.05) is 17.1 Å². The maximum absolute atomic E-state index is 13.5. The van der Waals surface area contributed by atoms with E-state index < -0.39 is 16.1 Å². The van der Waals surface area contributed by atoms with Crippen LogP contribution in [0.15, 0.2) is 46.9 Å². The van der Waals surface area contributed by atoms with E-state index in [2.05, 4.69) is 21.2 Å². The largest absolute Gasteiger partial charge is 0.352 e. The fourth-order valence-corrected chi connectivity index (χ4v) is 6.44. The molecular weight excluding hydrogens is 590 g/mol. The molecule has 0 spiro atoms. The van der Waals surface area contributed by atoms with Crippen molar-refractivity contribution < 1.29 is 18.0 Å². The molecule has 0 bridgehead atoms. The number of hydrogen-bond donors (Lipinski definition) is 1. The summed E-state index contributed by atoms with van der Waals surface area (Å²) >= 11 is 9.61. The number of nitrogens with one attached hydrogen (secondary N) is 1. The molecule has 1 fully saturated rings. The van der Waals surface area contributed by atoms with Crippen LogP contribution < -0.4 is 9.62 Å². The van der Waals surface area contributed by atoms with Crippen LogP contribution in [0.4, 0.5) is 5.69 Å². The van der Waals surface area contributed by atoms with Crippen LogP contribution in [0.3, 0.4) is 0 Å². The Morgan fingerprint density at radius 3 is 2.50 bits per heavy atom. The number of aryl methyl sites for hydroxylation is 1. The Bertz CT molecular complexity index is 1230. The molecule has 1 aliphatic rings. The highest BCUT2D eigenvalue weighted by atomic mass is 79.9. The second kappa shape index (κ2) is 13.8. The molecule has 0 aromatic heterocycles. The third-order valence-electron chi connectivity index (χ3n) is 6.95. The van der Waals surface area contributed by atoms with Crippen LogP contribution in [0.2, 0.25) is 5.02 Å². The van der Waals surface area contributed by atoms with E-state index in [4.69, 9.17) is 11.6 Å². The lowest BCUT2D eigenvalue weighted by Crippen LogP contribution is -2.50. The van der Waals surface area contributed by atoms with Gasteiger partial charge in [-0.1, -0.05) is 65.0 Å². The Hall–Kier alpha value is -2.10. The van der Waals surface area contributed by atoms with Gasteiger partial charge in [0, 0.05) is 35.0 Å². The number of benzene rings is 2. The fourth-order valence-electron chi connectivity index (χ4n) is 4.82. The topological polar surface area (TPSA) is 86.8 Å². The Labute approximate surface area is 240 Å². The van der Waals surface area contributed by atoms with Gasteiger partial charge in [-0.25, -0.2) is 8.42 Å². The molecule has 1 atom stereocenters. The maximum Gasteiger partial charge on any atom is 0.242 e. The summed E-state index contributed by atoms with van der Waals surface area (Å²) < 4.78 is 27.4. The smallest absolute Gasteiger partial charge is 0.242 e. The van der Waals surface area contributed by atoms with Gasteiger partial charge in [0.15, 0.2) is 0 Å². The van der Waals surface area contributed by atoms with E-state index in [9.17, 15) is 18.0 Å². The minimum absolute atomic E-state index is 0.0979. The highest BCUT2D eigenvalue weighted by molar-refractivity contribution is 9.10. The van der Waals surface area contributed by atoms with Gasteiger partial charge in [-0.2, -0.15) is 0 Å². The van der Waals surface area contributed by atoms with Crippen molar-refractivity contribution >= 4 is 55.1 Å². The Morgan fingerprint density at radius 1 is 1.13 bits per heavy atom. The van der Waals surface area contributed by atoms with E-state index in [0.717, 1.165) is 47.5 Å². The van der Waals surface area contributed by atoms with Gasteiger partial charge in [0.1, 0.15) is 6.04 Å². The lowest BCUT2D eigenvalue weighted by atomic mass is 9.95. The van der Waals surface area contributed by atoms with Gasteiger partial charge < -0.3 is 10.2 Å². The molecule has 38 heavy (non-hydrogen) atoms. The quantitative estimate of drug-likeness (QED) is 0.340. The average molecular weight is 627 g/mol. The van der Waals surface area contributed by atoms with Crippen molar-refractivity contribution in [2.45, 2.75) is 77.4 Å². The first kappa shape index (κ1) is 30.4. The summed E-state index contributed by atoms with van der Waals surface area (Å²) in [7, 11) is -3.59. The van der Waals surface area contributed by atoms with E-state index in [1.807, 2.05) is 31.2 Å². The van der Waals surface area contributed by atoms with Crippen LogP contribution in [-0.4, -0.2) is 50.0 Å². The number of anilines is 1. The van der Waals surface area contributed by atoms with Crippen molar-refractivity contribution in [1.82, 2.24) is 10.2 Å². The Kier molecular flexibility index (Phi) is 11.1. The minimum atomic E-state index is -3.59. The SMILES string of the molecule is Cc1ccc(Cl)cc1N(CCCC(=O)N(Cc1cccc(Br)c1)[C@@H](C)C(=O)NC1CCCCC1)S(C)(=O)=O. The predicted octanol–water partition coefficient (Wildman–Crippen LogP) is 5.82. The number of nitrogens with zero attached hydrogens (tertiary/aromatic N) is 2. The third-order valence-corrected chi connectivity index (χ3v) is 8.86. The standard InChI is InChI=1S/C28H37BrClN3O4S/c1-20-14-15-24(30)18-26(20)33(38(3,36)37)16-8-13-27(34)32(19-22-9-7-10-23(29)17-22)21(2)28(35)31-25-11-5-4-6-12-25/h7,9-10,14-15,17-18,21,25H,4-6,8,11-13,16,19H2,1-3H3,(H,31,35)/t21-/m0/s1. The number of hydrogen-bond acceptors (Lipinski definition) is 4. The van der Waals surface area contributed by atoms with Gasteiger partial charge in [0.05, 0.1) is 11.9 Å². The van der Waals surface area contributed by atoms with Gasteiger partial charge >= 0.3 is 0 Å². The van der Waals surface area contributed by atoms with Crippen LogP contribution in [0.5, 0.6) is 0 Å². The number of rotatable bonds is 11. The molecule has 2 aromatic rings. The molecule has 2 amide bonds. The second-order valence-corrected chi connectivity index (χ2v) is 13.3. The molecule has 1 aliphatic carbocycles. The van der Waals surface area contributed by atoms with Crippen molar-refractivity contribution in [2.24, 2.45) is 0 Å². The molecule has 0 saturated heterocycles. The van der Waals surface area contributed by atoms with Gasteiger partial charge in [0.2, 0.25) is 21.8 Å². The lowest BCUT2D eigenvalue weighted by molar-refractivity contribution is -0.141. The summed E-state index contributed by atoms with van der Waals surface area (Å²) in [4.78, 5) is 28.3. The van der Waals surface area contributed by atoms with Crippen molar-refractivity contribution in [1.29, 1.82) is 0 Å². The zero-order valence-corrected chi connectivity index (χ0v) is 25.4. The number of carbonyl (C=O) groups excluding carboxylic acids is 2. The van der Waals surface area contributed by atoms with E-state index in [1.54, 1.807) is 30.0 Å². The van der Waals surface area contributed by atoms with Gasteiger partial charge in [-0.3, -0.25) is 13.9 Å². The molecule has 3 rings (SSSR count). The average Bonchev–Trinajstić information content (AvgIpc) is 2.86. The fraction of sp³-hybridized carbons (Fsp3) is 0.500. The predicted molar refractivity (Wildman–Crippen MR) is 157 cm³/mol. The van der Waals surface area contributed by atoms with Gasteiger partial charge in [-0.15, -0.1) is 0 Å². The first-order chi connectivity index (χ1) is 18.0. The number of sulfonamides is 1. The molecular formula is C28H37BrClN3O4S. The molecule has 0 aliphatic heterocycles. The van der Waals surface area contributed by atoms with Crippen LogP contribution in [-0.2, 0) is 26.2 Å². The first-order valence-corrected chi connectivity index (χ1v) is 16.1. The van der Waals surface area contributed by atoms with Crippen LogP contribution in [0.1, 0.15) is 63.0 Å². The zero-order valence-electron chi connectivity index (χ0n) is 22.3. The summed E-state index contributed by atoms with van der Waals surface area (Å²) in [6.07, 6.45) is 6.85. The molecule has 1 saturated carbocycles. The highest BCUT2D eigenvalue weighted by Gasteiger charge is 2.28. The summed E-state index contributed by atoms with van der Waals surface area (Å²) in [5.74, 6) is -0.361. The summed E-state index contributed by atoms with van der Waals surface area (Å²) in [6, 6.07) is 12.2. The monoisotopic (exact) mass is 625 g/mol. The molecule has 0 radical (unpaired) electrons. The number of amides is 2. The normalized spacial score (nSPS) is 15.1. The van der Waals surface area contributed by atoms with E-state index in [0.29, 0.717) is 17.1 Å². The van der Waals surface area contributed by atoms with E-state index in [1.165, 1.54) is 10.7 Å². The summed E-state index contributed by atoms with van der Waals surface area (Å²) in [5, 5.41) is 3.57. The second-order valence-electron chi connectivity index (χ2n) is 10.0. The molecule has 208 valence electrons. The van der Waals surface area contributed by atoms with Gasteiger partial charge in [0.25, 0.3) is 0 Å². The van der Waals surface area contributed by atoms with E-state index >= 15 is 0 Å². The molecule has 0 unspecified atom stereocenters. The third kappa shape index (κ3) is 8.71. The van der Waals surface area contributed by atoms with Crippen LogP contribution in [0.25, 0.3) is 0 Å². The van der Waals surface area contributed by atoms with E-state index in [-0.39, 0.29) is 37.4 Å². The zero-order chi connectivity index (χ0) is 27.9. The first-order valence-electron chi connectivity index (χ1n) is 13.0. The van der Waals surface area contributed by atoms with Crippen LogP contribution in [0, 0.1) is 6.92 Å². The van der Waals surface area contributed by atoms with Crippen molar-refractivity contribution in [3.8, 4) is 0 Å². The molecule has 2 aromatic carbocycles. The van der Waals surface area contributed by atoms with Gasteiger partial charge in [-0.05, 0) is 68.5 Å². The minimum Gasteiger partial charge on any atom is -0.352 e. The molecule has 10 heteroatoms. The molecule has 0 heterocycles. The summed E-state index contributed by atoms with van der Waals surface area (Å²) in [6.45, 7) is 3.98. The number of carbonyl (C=O) groups is 2. The lowest BCUT2D eigenvalue weighted by Gasteiger charge is -2.31. The summed E-state index contributed by atoms with van der Waals surface area (Å²) in [5.41, 5.74) is 2.17. The Morgan fingerprint density at radius 2 is 1.84 bits per heavy atom. The van der Waals surface area contributed by atoms with Crippen molar-refractivity contribution in [3.63, 3.8) is 0 Å². The molecule has 1 N–H and O–H groups in total. The Balaban J connectivity index is 1.74. The molecule has 7 nitrogen and oxygen atoms in total. The van der Waals surface area contributed by atoms with Crippen molar-refractivity contribution in [3.05, 3.63) is 63.1 Å². The highest BCUT2D eigenvalue weighted by Crippen LogP contribution is 2.27. The van der Waals surface area contributed by atoms with Crippen LogP contribution >= 0.6 is 27.5 Å². The number of halogens is 2.